The van der Waals surface area contributed by atoms with E-state index in [-0.39, 0.29) is 0 Å². The maximum Gasteiger partial charge on any atom is 0.338 e. The fourth-order valence-corrected chi connectivity index (χ4v) is 1.96. The summed E-state index contributed by atoms with van der Waals surface area (Å²) in [5.41, 5.74) is 1.10. The molecule has 0 saturated heterocycles. The normalized spacial score (nSPS) is 10.1. The highest BCUT2D eigenvalue weighted by molar-refractivity contribution is 6.32. The highest BCUT2D eigenvalue weighted by Gasteiger charge is 2.16. The Morgan fingerprint density at radius 2 is 1.79 bits per heavy atom. The number of ether oxygens (including phenoxy) is 2. The van der Waals surface area contributed by atoms with Gasteiger partial charge in [0.25, 0.3) is 0 Å². The summed E-state index contributed by atoms with van der Waals surface area (Å²) in [7, 11) is 1.34. The summed E-state index contributed by atoms with van der Waals surface area (Å²) in [5.74, 6) is 0.720. The van der Waals surface area contributed by atoms with E-state index in [1.807, 2.05) is 30.3 Å². The second kappa shape index (κ2) is 5.76. The molecule has 0 N–H and O–H groups in total. The first kappa shape index (κ1) is 13.4. The van der Waals surface area contributed by atoms with Crippen LogP contribution in [0.1, 0.15) is 15.9 Å². The molecule has 0 saturated carbocycles. The lowest BCUT2D eigenvalue weighted by molar-refractivity contribution is 0.0599. The average molecular weight is 277 g/mol. The van der Waals surface area contributed by atoms with Crippen LogP contribution in [-0.2, 0) is 4.74 Å². The molecule has 0 unspecified atom stereocenters. The van der Waals surface area contributed by atoms with Gasteiger partial charge in [0.1, 0.15) is 11.5 Å². The summed E-state index contributed by atoms with van der Waals surface area (Å²) in [5, 5.41) is 0.453. The van der Waals surface area contributed by atoms with E-state index in [1.165, 1.54) is 7.11 Å². The van der Waals surface area contributed by atoms with Crippen molar-refractivity contribution < 1.29 is 14.3 Å². The van der Waals surface area contributed by atoms with Gasteiger partial charge in [0, 0.05) is 5.56 Å². The molecule has 0 heterocycles. The fraction of sp³-hybridized carbons (Fsp3) is 0.133. The van der Waals surface area contributed by atoms with Crippen molar-refractivity contribution in [1.82, 2.24) is 0 Å². The molecule has 0 aliphatic rings. The largest absolute Gasteiger partial charge is 0.465 e. The number of benzene rings is 2. The molecule has 0 amide bonds. The Morgan fingerprint density at radius 3 is 2.42 bits per heavy atom. The van der Waals surface area contributed by atoms with E-state index >= 15 is 0 Å². The third kappa shape index (κ3) is 2.88. The van der Waals surface area contributed by atoms with E-state index in [1.54, 1.807) is 19.1 Å². The van der Waals surface area contributed by atoms with Crippen LogP contribution in [0.4, 0.5) is 0 Å². The molecule has 19 heavy (non-hydrogen) atoms. The summed E-state index contributed by atoms with van der Waals surface area (Å²) >= 11 is 6.12. The Morgan fingerprint density at radius 1 is 1.11 bits per heavy atom. The van der Waals surface area contributed by atoms with Gasteiger partial charge < -0.3 is 9.47 Å². The Kier molecular flexibility index (Phi) is 4.07. The number of esters is 1. The zero-order chi connectivity index (χ0) is 13.8. The zero-order valence-electron chi connectivity index (χ0n) is 10.6. The molecule has 0 aliphatic heterocycles. The van der Waals surface area contributed by atoms with Gasteiger partial charge in [-0.3, -0.25) is 0 Å². The minimum Gasteiger partial charge on any atom is -0.465 e. The highest BCUT2D eigenvalue weighted by atomic mass is 35.5. The second-order valence-corrected chi connectivity index (χ2v) is 4.36. The first-order valence-corrected chi connectivity index (χ1v) is 6.11. The summed E-state index contributed by atoms with van der Waals surface area (Å²) in [4.78, 5) is 11.6. The second-order valence-electron chi connectivity index (χ2n) is 3.96. The number of para-hydroxylation sites is 1. The topological polar surface area (TPSA) is 35.5 Å². The fourth-order valence-electron chi connectivity index (χ4n) is 1.72. The van der Waals surface area contributed by atoms with Crippen LogP contribution in [0.5, 0.6) is 11.5 Å². The number of carbonyl (C=O) groups excluding carboxylic acids is 1. The Bertz CT molecular complexity index is 594. The first-order valence-electron chi connectivity index (χ1n) is 5.74. The monoisotopic (exact) mass is 276 g/mol. The van der Waals surface area contributed by atoms with E-state index in [0.717, 1.165) is 0 Å². The number of methoxy groups -OCH3 is 1. The smallest absolute Gasteiger partial charge is 0.338 e. The van der Waals surface area contributed by atoms with Gasteiger partial charge in [0.2, 0.25) is 0 Å². The van der Waals surface area contributed by atoms with Crippen molar-refractivity contribution >= 4 is 17.6 Å². The summed E-state index contributed by atoms with van der Waals surface area (Å²) in [6.45, 7) is 1.77. The van der Waals surface area contributed by atoms with Crippen LogP contribution < -0.4 is 4.74 Å². The van der Waals surface area contributed by atoms with Gasteiger partial charge in [-0.15, -0.1) is 0 Å². The minimum absolute atomic E-state index is 0.410. The standard InChI is InChI=1S/C15H13ClO3/c1-10-12(15(17)18-2)8-9-13(16)14(10)19-11-6-4-3-5-7-11/h3-9H,1-2H3. The maximum absolute atomic E-state index is 11.6. The lowest BCUT2D eigenvalue weighted by Gasteiger charge is -2.13. The van der Waals surface area contributed by atoms with Crippen molar-refractivity contribution in [2.75, 3.05) is 7.11 Å². The number of rotatable bonds is 3. The van der Waals surface area contributed by atoms with Crippen molar-refractivity contribution in [3.05, 3.63) is 58.6 Å². The van der Waals surface area contributed by atoms with Crippen LogP contribution >= 0.6 is 11.6 Å². The van der Waals surface area contributed by atoms with Gasteiger partial charge in [0.05, 0.1) is 17.7 Å². The number of hydrogen-bond acceptors (Lipinski definition) is 3. The molecule has 0 fully saturated rings. The van der Waals surface area contributed by atoms with E-state index in [2.05, 4.69) is 0 Å². The Balaban J connectivity index is 2.42. The van der Waals surface area contributed by atoms with Gasteiger partial charge in [-0.25, -0.2) is 4.79 Å². The number of halogens is 1. The molecule has 0 radical (unpaired) electrons. The molecule has 0 atom stereocenters. The quantitative estimate of drug-likeness (QED) is 0.787. The SMILES string of the molecule is COC(=O)c1ccc(Cl)c(Oc2ccccc2)c1C. The predicted molar refractivity (Wildman–Crippen MR) is 74.0 cm³/mol. The highest BCUT2D eigenvalue weighted by Crippen LogP contribution is 2.34. The van der Waals surface area contributed by atoms with Gasteiger partial charge in [-0.1, -0.05) is 29.8 Å². The number of carbonyl (C=O) groups is 1. The maximum atomic E-state index is 11.6. The lowest BCUT2D eigenvalue weighted by Crippen LogP contribution is -2.05. The van der Waals surface area contributed by atoms with Crippen molar-refractivity contribution in [1.29, 1.82) is 0 Å². The average Bonchev–Trinajstić information content (AvgIpc) is 2.44. The van der Waals surface area contributed by atoms with E-state index < -0.39 is 5.97 Å². The molecule has 98 valence electrons. The Labute approximate surface area is 116 Å². The van der Waals surface area contributed by atoms with Gasteiger partial charge >= 0.3 is 5.97 Å². The summed E-state index contributed by atoms with van der Waals surface area (Å²) in [6.07, 6.45) is 0. The molecule has 0 aromatic heterocycles. The minimum atomic E-state index is -0.410. The van der Waals surface area contributed by atoms with Gasteiger partial charge in [-0.2, -0.15) is 0 Å². The van der Waals surface area contributed by atoms with E-state index in [9.17, 15) is 4.79 Å². The molecule has 2 aromatic carbocycles. The molecule has 2 aromatic rings. The van der Waals surface area contributed by atoms with Crippen LogP contribution in [0.25, 0.3) is 0 Å². The van der Waals surface area contributed by atoms with E-state index in [0.29, 0.717) is 27.6 Å². The Hall–Kier alpha value is -2.00. The molecular weight excluding hydrogens is 264 g/mol. The number of hydrogen-bond donors (Lipinski definition) is 0. The van der Waals surface area contributed by atoms with Crippen LogP contribution in [-0.4, -0.2) is 13.1 Å². The predicted octanol–water partition coefficient (Wildman–Crippen LogP) is 4.23. The van der Waals surface area contributed by atoms with Crippen LogP contribution in [0.3, 0.4) is 0 Å². The van der Waals surface area contributed by atoms with Crippen molar-refractivity contribution in [2.24, 2.45) is 0 Å². The molecule has 0 aliphatic carbocycles. The molecule has 4 heteroatoms. The molecule has 0 bridgehead atoms. The molecular formula is C15H13ClO3. The van der Waals surface area contributed by atoms with Crippen LogP contribution in [0, 0.1) is 6.92 Å². The van der Waals surface area contributed by atoms with E-state index in [4.69, 9.17) is 21.1 Å². The van der Waals surface area contributed by atoms with Gasteiger partial charge in [0.15, 0.2) is 0 Å². The van der Waals surface area contributed by atoms with Crippen molar-refractivity contribution in [2.45, 2.75) is 6.92 Å². The van der Waals surface area contributed by atoms with Crippen LogP contribution in [0.2, 0.25) is 5.02 Å². The summed E-state index contributed by atoms with van der Waals surface area (Å²) < 4.78 is 10.5. The third-order valence-corrected chi connectivity index (χ3v) is 3.02. The van der Waals surface area contributed by atoms with Crippen LogP contribution in [0.15, 0.2) is 42.5 Å². The molecule has 0 spiro atoms. The zero-order valence-corrected chi connectivity index (χ0v) is 11.4. The molecule has 2 rings (SSSR count). The summed E-state index contributed by atoms with van der Waals surface area (Å²) in [6, 6.07) is 12.5. The van der Waals surface area contributed by atoms with Crippen molar-refractivity contribution in [3.63, 3.8) is 0 Å². The first-order chi connectivity index (χ1) is 9.13. The lowest BCUT2D eigenvalue weighted by atomic mass is 10.1. The van der Waals surface area contributed by atoms with Gasteiger partial charge in [-0.05, 0) is 31.2 Å². The third-order valence-electron chi connectivity index (χ3n) is 2.73. The van der Waals surface area contributed by atoms with Crippen molar-refractivity contribution in [3.8, 4) is 11.5 Å². The molecule has 3 nitrogen and oxygen atoms in total.